The van der Waals surface area contributed by atoms with Crippen molar-refractivity contribution >= 4 is 0 Å². The van der Waals surface area contributed by atoms with E-state index in [1.54, 1.807) is 4.68 Å². The Kier molecular flexibility index (Phi) is 3.06. The Bertz CT molecular complexity index is 603. The van der Waals surface area contributed by atoms with Gasteiger partial charge in [0, 0.05) is 11.8 Å². The summed E-state index contributed by atoms with van der Waals surface area (Å²) in [7, 11) is 0. The van der Waals surface area contributed by atoms with E-state index in [0.717, 1.165) is 16.9 Å². The van der Waals surface area contributed by atoms with Gasteiger partial charge in [0.15, 0.2) is 0 Å². The van der Waals surface area contributed by atoms with Crippen LogP contribution in [0.4, 0.5) is 0 Å². The molecule has 2 rings (SSSR count). The zero-order valence-electron chi connectivity index (χ0n) is 9.84. The highest BCUT2D eigenvalue weighted by Gasteiger charge is 2.07. The van der Waals surface area contributed by atoms with Crippen LogP contribution in [0.5, 0.6) is 0 Å². The second-order valence-electron chi connectivity index (χ2n) is 3.95. The molecule has 0 aliphatic rings. The molecule has 0 atom stereocenters. The van der Waals surface area contributed by atoms with Gasteiger partial charge in [-0.3, -0.25) is 4.79 Å². The van der Waals surface area contributed by atoms with E-state index in [2.05, 4.69) is 5.10 Å². The van der Waals surface area contributed by atoms with Gasteiger partial charge < -0.3 is 5.11 Å². The Morgan fingerprint density at radius 2 is 2.00 bits per heavy atom. The summed E-state index contributed by atoms with van der Waals surface area (Å²) in [4.78, 5) is 11.5. The first-order valence-electron chi connectivity index (χ1n) is 5.40. The Balaban J connectivity index is 2.68. The molecule has 0 bridgehead atoms. The molecule has 4 nitrogen and oxygen atoms in total. The maximum atomic E-state index is 11.5. The highest BCUT2D eigenvalue weighted by Crippen LogP contribution is 2.13. The zero-order chi connectivity index (χ0) is 12.4. The minimum absolute atomic E-state index is 0.166. The summed E-state index contributed by atoms with van der Waals surface area (Å²) in [5, 5.41) is 13.2. The lowest BCUT2D eigenvalue weighted by atomic mass is 10.2. The smallest absolute Gasteiger partial charge is 0.206 e. The number of hydrogen-bond donors (Lipinski definition) is 1. The van der Waals surface area contributed by atoms with Crippen molar-refractivity contribution in [3.8, 4) is 5.69 Å². The molecule has 0 aliphatic heterocycles. The van der Waals surface area contributed by atoms with Crippen LogP contribution in [-0.2, 0) is 6.61 Å². The van der Waals surface area contributed by atoms with Gasteiger partial charge in [-0.05, 0) is 25.5 Å². The van der Waals surface area contributed by atoms with E-state index >= 15 is 0 Å². The molecule has 0 saturated carbocycles. The molecule has 0 radical (unpaired) electrons. The Labute approximate surface area is 99.2 Å². The van der Waals surface area contributed by atoms with Gasteiger partial charge in [-0.25, -0.2) is 4.68 Å². The van der Waals surface area contributed by atoms with Crippen LogP contribution in [0.15, 0.2) is 35.1 Å². The van der Waals surface area contributed by atoms with Gasteiger partial charge in [0.05, 0.1) is 12.3 Å². The molecule has 1 aromatic heterocycles. The summed E-state index contributed by atoms with van der Waals surface area (Å²) in [5.41, 5.74) is 2.67. The van der Waals surface area contributed by atoms with E-state index in [9.17, 15) is 4.79 Å². The van der Waals surface area contributed by atoms with Gasteiger partial charge in [0.1, 0.15) is 5.69 Å². The Morgan fingerprint density at radius 3 is 2.65 bits per heavy atom. The first kappa shape index (κ1) is 11.5. The van der Waals surface area contributed by atoms with E-state index in [1.165, 1.54) is 6.07 Å². The van der Waals surface area contributed by atoms with Gasteiger partial charge in [0.25, 0.3) is 0 Å². The van der Waals surface area contributed by atoms with Crippen molar-refractivity contribution in [2.45, 2.75) is 20.5 Å². The summed E-state index contributed by atoms with van der Waals surface area (Å²) in [6.07, 6.45) is 0. The number of aryl methyl sites for hydroxylation is 2. The van der Waals surface area contributed by atoms with Crippen LogP contribution in [0.25, 0.3) is 5.69 Å². The number of aliphatic hydroxyl groups is 1. The molecule has 0 amide bonds. The predicted molar refractivity (Wildman–Crippen MR) is 65.2 cm³/mol. The van der Waals surface area contributed by atoms with Gasteiger partial charge in [-0.2, -0.15) is 5.10 Å². The average Bonchev–Trinajstić information content (AvgIpc) is 2.31. The first-order valence-corrected chi connectivity index (χ1v) is 5.40. The van der Waals surface area contributed by atoms with E-state index < -0.39 is 0 Å². The van der Waals surface area contributed by atoms with Crippen LogP contribution in [0, 0.1) is 13.8 Å². The lowest BCUT2D eigenvalue weighted by Crippen LogP contribution is -2.19. The summed E-state index contributed by atoms with van der Waals surface area (Å²) < 4.78 is 1.68. The molecule has 1 aromatic carbocycles. The number of rotatable bonds is 2. The van der Waals surface area contributed by atoms with Crippen molar-refractivity contribution in [3.63, 3.8) is 0 Å². The fourth-order valence-corrected chi connectivity index (χ4v) is 1.74. The van der Waals surface area contributed by atoms with Gasteiger partial charge in [0.2, 0.25) is 5.43 Å². The largest absolute Gasteiger partial charge is 0.390 e. The van der Waals surface area contributed by atoms with E-state index in [-0.39, 0.29) is 17.7 Å². The van der Waals surface area contributed by atoms with E-state index in [1.807, 2.05) is 38.1 Å². The van der Waals surface area contributed by atoms with Crippen molar-refractivity contribution in [3.05, 3.63) is 57.5 Å². The molecule has 4 heteroatoms. The van der Waals surface area contributed by atoms with Crippen molar-refractivity contribution in [1.82, 2.24) is 9.78 Å². The number of aromatic nitrogens is 2. The molecular weight excluding hydrogens is 216 g/mol. The fraction of sp³-hybridized carbons (Fsp3) is 0.231. The van der Waals surface area contributed by atoms with Crippen LogP contribution in [-0.4, -0.2) is 14.9 Å². The first-order chi connectivity index (χ1) is 8.13. The van der Waals surface area contributed by atoms with E-state index in [0.29, 0.717) is 0 Å². The van der Waals surface area contributed by atoms with Gasteiger partial charge in [-0.1, -0.05) is 18.2 Å². The maximum absolute atomic E-state index is 11.5. The molecule has 1 heterocycles. The predicted octanol–water partition coefficient (Wildman–Crippen LogP) is 1.34. The average molecular weight is 230 g/mol. The van der Waals surface area contributed by atoms with Gasteiger partial charge >= 0.3 is 0 Å². The molecule has 0 unspecified atom stereocenters. The standard InChI is InChI=1S/C13H14N2O2/c1-9-5-3-4-6-12(9)15-10(2)7-13(17)11(8-16)14-15/h3-7,16H,8H2,1-2H3. The molecule has 0 aliphatic carbocycles. The third-order valence-corrected chi connectivity index (χ3v) is 2.67. The summed E-state index contributed by atoms with van der Waals surface area (Å²) in [6, 6.07) is 9.27. The highest BCUT2D eigenvalue weighted by atomic mass is 16.3. The lowest BCUT2D eigenvalue weighted by Gasteiger charge is -2.12. The summed E-state index contributed by atoms with van der Waals surface area (Å²) in [6.45, 7) is 3.46. The van der Waals surface area contributed by atoms with Crippen LogP contribution in [0.1, 0.15) is 17.0 Å². The zero-order valence-corrected chi connectivity index (χ0v) is 9.84. The van der Waals surface area contributed by atoms with Crippen molar-refractivity contribution in [2.75, 3.05) is 0 Å². The van der Waals surface area contributed by atoms with Crippen LogP contribution >= 0.6 is 0 Å². The summed E-state index contributed by atoms with van der Waals surface area (Å²) >= 11 is 0. The second-order valence-corrected chi connectivity index (χ2v) is 3.95. The van der Waals surface area contributed by atoms with Crippen molar-refractivity contribution in [1.29, 1.82) is 0 Å². The SMILES string of the molecule is Cc1ccccc1-n1nc(CO)c(=O)cc1C. The molecular formula is C13H14N2O2. The van der Waals surface area contributed by atoms with Crippen molar-refractivity contribution in [2.24, 2.45) is 0 Å². The molecule has 17 heavy (non-hydrogen) atoms. The number of nitrogens with zero attached hydrogens (tertiary/aromatic N) is 2. The molecule has 0 spiro atoms. The maximum Gasteiger partial charge on any atom is 0.206 e. The number of para-hydroxylation sites is 1. The Hall–Kier alpha value is -1.94. The number of benzene rings is 1. The van der Waals surface area contributed by atoms with Gasteiger partial charge in [-0.15, -0.1) is 0 Å². The molecule has 2 aromatic rings. The molecule has 0 saturated heterocycles. The molecule has 88 valence electrons. The minimum Gasteiger partial charge on any atom is -0.390 e. The normalized spacial score (nSPS) is 10.5. The number of aliphatic hydroxyl groups excluding tert-OH is 1. The quantitative estimate of drug-likeness (QED) is 0.847. The molecule has 0 fully saturated rings. The second kappa shape index (κ2) is 4.51. The third-order valence-electron chi connectivity index (χ3n) is 2.67. The fourth-order valence-electron chi connectivity index (χ4n) is 1.74. The van der Waals surface area contributed by atoms with Crippen molar-refractivity contribution < 1.29 is 5.11 Å². The van der Waals surface area contributed by atoms with Crippen LogP contribution < -0.4 is 5.43 Å². The highest BCUT2D eigenvalue weighted by molar-refractivity contribution is 5.40. The summed E-state index contributed by atoms with van der Waals surface area (Å²) in [5.74, 6) is 0. The third kappa shape index (κ3) is 2.12. The number of hydrogen-bond acceptors (Lipinski definition) is 3. The lowest BCUT2D eigenvalue weighted by molar-refractivity contribution is 0.273. The Morgan fingerprint density at radius 1 is 1.29 bits per heavy atom. The van der Waals surface area contributed by atoms with Crippen LogP contribution in [0.2, 0.25) is 0 Å². The minimum atomic E-state index is -0.342. The molecule has 1 N–H and O–H groups in total. The topological polar surface area (TPSA) is 55.1 Å². The van der Waals surface area contributed by atoms with Crippen LogP contribution in [0.3, 0.4) is 0 Å². The monoisotopic (exact) mass is 230 g/mol. The van der Waals surface area contributed by atoms with E-state index in [4.69, 9.17) is 5.11 Å².